The van der Waals surface area contributed by atoms with Gasteiger partial charge in [-0.05, 0) is 13.0 Å². The first-order chi connectivity index (χ1) is 5.24. The lowest BCUT2D eigenvalue weighted by molar-refractivity contribution is 0.0973. The zero-order valence-electron chi connectivity index (χ0n) is 5.92. The van der Waals surface area contributed by atoms with Gasteiger partial charge in [0.05, 0.1) is 5.56 Å². The van der Waals surface area contributed by atoms with Crippen LogP contribution in [0.15, 0.2) is 11.4 Å². The van der Waals surface area contributed by atoms with E-state index in [1.54, 1.807) is 17.6 Å². The molecule has 0 aliphatic carbocycles. The zero-order valence-corrected chi connectivity index (χ0v) is 6.73. The minimum atomic E-state index is -0.336. The van der Waals surface area contributed by atoms with Crippen LogP contribution in [0.4, 0.5) is 0 Å². The molecule has 1 heterocycles. The average Bonchev–Trinajstić information content (AvgIpc) is 2.36. The standard InChI is InChI=1S/C7H6N2OS/c1-5-2-6(3-11-5)7(10)9-4-8/h2-3H,1H3,(H,9,10). The smallest absolute Gasteiger partial charge is 0.265 e. The van der Waals surface area contributed by atoms with Gasteiger partial charge >= 0.3 is 0 Å². The Labute approximate surface area is 68.3 Å². The van der Waals surface area contributed by atoms with Crippen molar-refractivity contribution in [2.75, 3.05) is 0 Å². The van der Waals surface area contributed by atoms with Gasteiger partial charge in [-0.1, -0.05) is 0 Å². The summed E-state index contributed by atoms with van der Waals surface area (Å²) in [6.07, 6.45) is 1.58. The lowest BCUT2D eigenvalue weighted by Gasteiger charge is -1.88. The number of nitrogens with zero attached hydrogens (tertiary/aromatic N) is 1. The van der Waals surface area contributed by atoms with Crippen LogP contribution in [0, 0.1) is 18.4 Å². The van der Waals surface area contributed by atoms with Gasteiger partial charge in [-0.3, -0.25) is 10.1 Å². The summed E-state index contributed by atoms with van der Waals surface area (Å²) in [6.45, 7) is 1.91. The number of hydrogen-bond donors (Lipinski definition) is 1. The molecule has 0 atom stereocenters. The van der Waals surface area contributed by atoms with E-state index in [0.717, 1.165) is 4.88 Å². The molecule has 0 saturated heterocycles. The second-order valence-electron chi connectivity index (χ2n) is 2.01. The maximum Gasteiger partial charge on any atom is 0.265 e. The summed E-state index contributed by atoms with van der Waals surface area (Å²) in [5.41, 5.74) is 0.550. The van der Waals surface area contributed by atoms with Crippen LogP contribution in [0.25, 0.3) is 0 Å². The highest BCUT2D eigenvalue weighted by atomic mass is 32.1. The monoisotopic (exact) mass is 166 g/mol. The predicted molar refractivity (Wildman–Crippen MR) is 42.1 cm³/mol. The van der Waals surface area contributed by atoms with Gasteiger partial charge in [0.25, 0.3) is 5.91 Å². The Morgan fingerprint density at radius 1 is 1.82 bits per heavy atom. The molecule has 4 heteroatoms. The van der Waals surface area contributed by atoms with Crippen molar-refractivity contribution >= 4 is 17.2 Å². The largest absolute Gasteiger partial charge is 0.268 e. The number of hydrogen-bond acceptors (Lipinski definition) is 3. The van der Waals surface area contributed by atoms with Crippen molar-refractivity contribution in [2.45, 2.75) is 6.92 Å². The maximum atomic E-state index is 10.9. The van der Waals surface area contributed by atoms with Crippen LogP contribution in [0.2, 0.25) is 0 Å². The molecular formula is C7H6N2OS. The summed E-state index contributed by atoms with van der Waals surface area (Å²) in [7, 11) is 0. The quantitative estimate of drug-likeness (QED) is 0.504. The summed E-state index contributed by atoms with van der Waals surface area (Å²) < 4.78 is 0. The third kappa shape index (κ3) is 1.79. The fraction of sp³-hybridized carbons (Fsp3) is 0.143. The van der Waals surface area contributed by atoms with Crippen molar-refractivity contribution in [3.05, 3.63) is 21.9 Å². The Balaban J connectivity index is 2.78. The van der Waals surface area contributed by atoms with Crippen molar-refractivity contribution in [1.82, 2.24) is 5.32 Å². The highest BCUT2D eigenvalue weighted by Gasteiger charge is 2.04. The van der Waals surface area contributed by atoms with E-state index in [9.17, 15) is 4.79 Å². The van der Waals surface area contributed by atoms with Crippen LogP contribution >= 0.6 is 11.3 Å². The molecule has 11 heavy (non-hydrogen) atoms. The lowest BCUT2D eigenvalue weighted by atomic mass is 10.3. The Kier molecular flexibility index (Phi) is 2.24. The minimum Gasteiger partial charge on any atom is -0.268 e. The Morgan fingerprint density at radius 3 is 3.00 bits per heavy atom. The number of rotatable bonds is 1. The molecule has 0 aliphatic heterocycles. The van der Waals surface area contributed by atoms with Gasteiger partial charge in [-0.2, -0.15) is 5.26 Å². The van der Waals surface area contributed by atoms with Gasteiger partial charge in [-0.25, -0.2) is 0 Å². The average molecular weight is 166 g/mol. The highest BCUT2D eigenvalue weighted by molar-refractivity contribution is 7.10. The second kappa shape index (κ2) is 3.17. The zero-order chi connectivity index (χ0) is 8.27. The number of thiophene rings is 1. The molecule has 1 N–H and O–H groups in total. The van der Waals surface area contributed by atoms with Crippen LogP contribution in [0.1, 0.15) is 15.2 Å². The molecule has 0 spiro atoms. The van der Waals surface area contributed by atoms with Crippen LogP contribution < -0.4 is 5.32 Å². The first-order valence-corrected chi connectivity index (χ1v) is 3.86. The molecule has 1 aromatic rings. The molecule has 0 radical (unpaired) electrons. The van der Waals surface area contributed by atoms with Gasteiger partial charge in [0.2, 0.25) is 0 Å². The second-order valence-corrected chi connectivity index (χ2v) is 3.13. The topological polar surface area (TPSA) is 52.9 Å². The number of nitrogens with one attached hydrogen (secondary N) is 1. The number of carbonyl (C=O) groups is 1. The minimum absolute atomic E-state index is 0.336. The van der Waals surface area contributed by atoms with Gasteiger partial charge in [0, 0.05) is 10.3 Å². The van der Waals surface area contributed by atoms with E-state index in [2.05, 4.69) is 0 Å². The number of nitriles is 1. The molecule has 1 rings (SSSR count). The summed E-state index contributed by atoms with van der Waals surface area (Å²) in [5.74, 6) is -0.336. The number of aryl methyl sites for hydroxylation is 1. The van der Waals surface area contributed by atoms with Crippen molar-refractivity contribution < 1.29 is 4.79 Å². The Hall–Kier alpha value is -1.34. The van der Waals surface area contributed by atoms with E-state index in [1.165, 1.54) is 11.3 Å². The SMILES string of the molecule is Cc1cc(C(=O)NC#N)cs1. The van der Waals surface area contributed by atoms with E-state index in [-0.39, 0.29) is 5.91 Å². The third-order valence-corrected chi connectivity index (χ3v) is 2.02. The van der Waals surface area contributed by atoms with E-state index in [1.807, 2.05) is 12.2 Å². The summed E-state index contributed by atoms with van der Waals surface area (Å²) in [6, 6.07) is 1.75. The molecule has 1 amide bonds. The van der Waals surface area contributed by atoms with E-state index in [0.29, 0.717) is 5.56 Å². The molecule has 0 fully saturated rings. The maximum absolute atomic E-state index is 10.9. The summed E-state index contributed by atoms with van der Waals surface area (Å²) in [5, 5.41) is 11.9. The Bertz CT molecular complexity index is 310. The molecule has 56 valence electrons. The fourth-order valence-corrected chi connectivity index (χ4v) is 1.37. The fourth-order valence-electron chi connectivity index (χ4n) is 0.685. The normalized spacial score (nSPS) is 8.73. The molecule has 0 aliphatic rings. The molecular weight excluding hydrogens is 160 g/mol. The molecule has 3 nitrogen and oxygen atoms in total. The predicted octanol–water partition coefficient (Wildman–Crippen LogP) is 1.27. The van der Waals surface area contributed by atoms with Crippen molar-refractivity contribution in [1.29, 1.82) is 5.26 Å². The van der Waals surface area contributed by atoms with Gasteiger partial charge in [0.1, 0.15) is 0 Å². The van der Waals surface area contributed by atoms with Gasteiger partial charge < -0.3 is 0 Å². The van der Waals surface area contributed by atoms with E-state index < -0.39 is 0 Å². The number of carbonyl (C=O) groups excluding carboxylic acids is 1. The van der Waals surface area contributed by atoms with Crippen molar-refractivity contribution in [3.8, 4) is 6.19 Å². The van der Waals surface area contributed by atoms with Crippen LogP contribution in [0.5, 0.6) is 0 Å². The first-order valence-electron chi connectivity index (χ1n) is 2.98. The Morgan fingerprint density at radius 2 is 2.55 bits per heavy atom. The van der Waals surface area contributed by atoms with E-state index >= 15 is 0 Å². The molecule has 0 saturated carbocycles. The van der Waals surface area contributed by atoms with Crippen molar-refractivity contribution in [3.63, 3.8) is 0 Å². The highest BCUT2D eigenvalue weighted by Crippen LogP contribution is 2.12. The van der Waals surface area contributed by atoms with E-state index in [4.69, 9.17) is 5.26 Å². The lowest BCUT2D eigenvalue weighted by Crippen LogP contribution is -2.16. The molecule has 0 aromatic carbocycles. The molecule has 0 bridgehead atoms. The van der Waals surface area contributed by atoms with Crippen LogP contribution in [0.3, 0.4) is 0 Å². The third-order valence-electron chi connectivity index (χ3n) is 1.16. The van der Waals surface area contributed by atoms with Crippen molar-refractivity contribution in [2.24, 2.45) is 0 Å². The molecule has 0 unspecified atom stereocenters. The van der Waals surface area contributed by atoms with Crippen LogP contribution in [-0.4, -0.2) is 5.91 Å². The van der Waals surface area contributed by atoms with Gasteiger partial charge in [-0.15, -0.1) is 11.3 Å². The summed E-state index contributed by atoms with van der Waals surface area (Å²) >= 11 is 1.49. The number of amides is 1. The van der Waals surface area contributed by atoms with Gasteiger partial charge in [0.15, 0.2) is 6.19 Å². The molecule has 1 aromatic heterocycles. The first kappa shape index (κ1) is 7.76. The van der Waals surface area contributed by atoms with Crippen LogP contribution in [-0.2, 0) is 0 Å². The summed E-state index contributed by atoms with van der Waals surface area (Å²) in [4.78, 5) is 12.0.